The van der Waals surface area contributed by atoms with Crippen LogP contribution in [0.5, 0.6) is 0 Å². The Morgan fingerprint density at radius 2 is 0.750 bits per heavy atom. The Morgan fingerprint density at radius 1 is 0.455 bits per heavy atom. The van der Waals surface area contributed by atoms with E-state index in [-0.39, 0.29) is 5.41 Å². The average molecular weight is 610 g/mol. The number of rotatable bonds is 27. The van der Waals surface area contributed by atoms with Crippen LogP contribution >= 0.6 is 0 Å². The highest BCUT2D eigenvalue weighted by Crippen LogP contribution is 2.19. The van der Waals surface area contributed by atoms with Gasteiger partial charge in [-0.1, -0.05) is 97.9 Å². The Hall–Kier alpha value is -2.70. The minimum Gasteiger partial charge on any atom is -0.381 e. The van der Waals surface area contributed by atoms with Crippen molar-refractivity contribution in [2.24, 2.45) is 5.41 Å². The molecule has 3 rings (SSSR count). The van der Waals surface area contributed by atoms with Crippen molar-refractivity contribution in [3.63, 3.8) is 0 Å². The minimum atomic E-state index is -0.258. The van der Waals surface area contributed by atoms with Gasteiger partial charge in [0.1, 0.15) is 0 Å². The minimum absolute atomic E-state index is 0.258. The highest BCUT2D eigenvalue weighted by atomic mass is 16.6. The van der Waals surface area contributed by atoms with Gasteiger partial charge in [0.05, 0.1) is 39.6 Å². The molecule has 0 saturated heterocycles. The molecule has 0 bridgehead atoms. The molecule has 0 amide bonds. The van der Waals surface area contributed by atoms with Gasteiger partial charge in [-0.25, -0.2) is 16.4 Å². The quantitative estimate of drug-likeness (QED) is 0.0779. The predicted octanol–water partition coefficient (Wildman–Crippen LogP) is 5.38. The number of hydrogen-bond acceptors (Lipinski definition) is 9. The molecule has 0 radical (unpaired) electrons. The van der Waals surface area contributed by atoms with Gasteiger partial charge in [0.15, 0.2) is 0 Å². The third-order valence-corrected chi connectivity index (χ3v) is 6.61. The topological polar surface area (TPSA) is 91.5 Å². The van der Waals surface area contributed by atoms with E-state index in [0.717, 1.165) is 55.6 Å². The first-order chi connectivity index (χ1) is 21.7. The van der Waals surface area contributed by atoms with Crippen molar-refractivity contribution in [3.05, 3.63) is 108 Å². The summed E-state index contributed by atoms with van der Waals surface area (Å²) in [4.78, 5) is 16.6. The molecule has 0 aliphatic rings. The molecule has 9 nitrogen and oxygen atoms in total. The first kappa shape index (κ1) is 35.8. The summed E-state index contributed by atoms with van der Waals surface area (Å²) < 4.78 is 18.1. The van der Waals surface area contributed by atoms with Gasteiger partial charge >= 0.3 is 0 Å². The number of ether oxygens (including phenoxy) is 3. The zero-order chi connectivity index (χ0) is 30.8. The van der Waals surface area contributed by atoms with E-state index >= 15 is 0 Å². The first-order valence-electron chi connectivity index (χ1n) is 15.6. The highest BCUT2D eigenvalue weighted by Gasteiger charge is 2.26. The fraction of sp³-hybridized carbons (Fsp3) is 0.486. The fourth-order valence-electron chi connectivity index (χ4n) is 4.16. The predicted molar refractivity (Wildman–Crippen MR) is 172 cm³/mol. The van der Waals surface area contributed by atoms with Gasteiger partial charge in [-0.05, 0) is 36.0 Å². The lowest BCUT2D eigenvalue weighted by Crippen LogP contribution is -2.35. The van der Waals surface area contributed by atoms with E-state index in [1.165, 1.54) is 0 Å². The summed E-state index contributed by atoms with van der Waals surface area (Å²) >= 11 is 0. The van der Waals surface area contributed by atoms with Crippen LogP contribution in [0.25, 0.3) is 0 Å². The van der Waals surface area contributed by atoms with Crippen molar-refractivity contribution in [1.82, 2.24) is 16.4 Å². The van der Waals surface area contributed by atoms with Crippen LogP contribution in [0.4, 0.5) is 0 Å². The molecule has 9 heteroatoms. The van der Waals surface area contributed by atoms with E-state index in [9.17, 15) is 0 Å². The zero-order valence-electron chi connectivity index (χ0n) is 26.2. The normalized spacial score (nSPS) is 11.7. The molecule has 0 unspecified atom stereocenters. The van der Waals surface area contributed by atoms with E-state index in [1.807, 2.05) is 91.0 Å². The van der Waals surface area contributed by atoms with Gasteiger partial charge in [0.2, 0.25) is 0 Å². The lowest BCUT2D eigenvalue weighted by atomic mass is 9.94. The first-order valence-corrected chi connectivity index (χ1v) is 15.6. The maximum atomic E-state index is 6.05. The van der Waals surface area contributed by atoms with Crippen LogP contribution in [-0.4, -0.2) is 59.3 Å². The second-order valence-corrected chi connectivity index (χ2v) is 11.0. The highest BCUT2D eigenvalue weighted by molar-refractivity contribution is 5.14. The monoisotopic (exact) mass is 609 g/mol. The standard InChI is InChI=1S/C35H51N3O6/c1-35(29-39-23-11-20-36-42-26-32-14-5-2-6-15-32,30-40-24-12-21-37-43-27-33-16-7-3-8-17-33)31-41-25-13-22-38-44-28-34-18-9-4-10-19-34/h2-10,14-19,36-38H,11-13,20-31H2,1H3. The maximum absolute atomic E-state index is 6.05. The van der Waals surface area contributed by atoms with E-state index in [4.69, 9.17) is 28.7 Å². The van der Waals surface area contributed by atoms with Gasteiger partial charge in [-0.15, -0.1) is 0 Å². The third-order valence-electron chi connectivity index (χ3n) is 6.61. The van der Waals surface area contributed by atoms with Gasteiger partial charge in [0, 0.05) is 44.9 Å². The smallest absolute Gasteiger partial charge is 0.0933 e. The van der Waals surface area contributed by atoms with Gasteiger partial charge in [0.25, 0.3) is 0 Å². The molecule has 0 aromatic heterocycles. The summed E-state index contributed by atoms with van der Waals surface area (Å²) in [6.45, 7) is 9.45. The van der Waals surface area contributed by atoms with Crippen LogP contribution in [0.1, 0.15) is 42.9 Å². The van der Waals surface area contributed by atoms with Crippen LogP contribution in [0.15, 0.2) is 91.0 Å². The number of benzene rings is 3. The molecule has 0 atom stereocenters. The van der Waals surface area contributed by atoms with E-state index in [0.29, 0.717) is 59.5 Å². The molecule has 44 heavy (non-hydrogen) atoms. The van der Waals surface area contributed by atoms with Crippen LogP contribution in [0, 0.1) is 5.41 Å². The van der Waals surface area contributed by atoms with Crippen LogP contribution < -0.4 is 16.4 Å². The number of hydrogen-bond donors (Lipinski definition) is 3. The summed E-state index contributed by atoms with van der Waals surface area (Å²) in [6, 6.07) is 30.3. The summed E-state index contributed by atoms with van der Waals surface area (Å²) in [7, 11) is 0. The van der Waals surface area contributed by atoms with Crippen molar-refractivity contribution in [2.75, 3.05) is 59.3 Å². The van der Waals surface area contributed by atoms with Crippen molar-refractivity contribution in [3.8, 4) is 0 Å². The molecular weight excluding hydrogens is 558 g/mol. The summed E-state index contributed by atoms with van der Waals surface area (Å²) in [5, 5.41) is 0. The Balaban J connectivity index is 1.25. The summed E-state index contributed by atoms with van der Waals surface area (Å²) in [5.74, 6) is 0. The molecule has 0 heterocycles. The van der Waals surface area contributed by atoms with Crippen molar-refractivity contribution in [2.45, 2.75) is 46.0 Å². The number of nitrogens with one attached hydrogen (secondary N) is 3. The van der Waals surface area contributed by atoms with Crippen molar-refractivity contribution in [1.29, 1.82) is 0 Å². The van der Waals surface area contributed by atoms with Gasteiger partial charge < -0.3 is 14.2 Å². The molecule has 242 valence electrons. The summed E-state index contributed by atoms with van der Waals surface area (Å²) in [5.41, 5.74) is 12.2. The van der Waals surface area contributed by atoms with Gasteiger partial charge in [-0.3, -0.25) is 14.5 Å². The number of hydroxylamine groups is 3. The molecular formula is C35H51N3O6. The lowest BCUT2D eigenvalue weighted by Gasteiger charge is -2.29. The van der Waals surface area contributed by atoms with Crippen LogP contribution in [0.2, 0.25) is 0 Å². The van der Waals surface area contributed by atoms with E-state index in [1.54, 1.807) is 0 Å². The molecule has 0 saturated carbocycles. The molecule has 0 fully saturated rings. The molecule has 0 aliphatic carbocycles. The fourth-order valence-corrected chi connectivity index (χ4v) is 4.16. The van der Waals surface area contributed by atoms with E-state index < -0.39 is 0 Å². The second kappa shape index (κ2) is 23.7. The zero-order valence-corrected chi connectivity index (χ0v) is 26.2. The second-order valence-electron chi connectivity index (χ2n) is 11.0. The Kier molecular flexibility index (Phi) is 19.2. The third kappa shape index (κ3) is 17.6. The van der Waals surface area contributed by atoms with Crippen molar-refractivity contribution >= 4 is 0 Å². The Labute approximate surface area is 263 Å². The van der Waals surface area contributed by atoms with Crippen molar-refractivity contribution < 1.29 is 28.7 Å². The average Bonchev–Trinajstić information content (AvgIpc) is 3.06. The molecule has 3 N–H and O–H groups in total. The molecule has 0 spiro atoms. The largest absolute Gasteiger partial charge is 0.381 e. The SMILES string of the molecule is CC(COCCCNOCc1ccccc1)(COCCCNOCc1ccccc1)COCCCNOCc1ccccc1. The maximum Gasteiger partial charge on any atom is 0.0933 e. The Bertz CT molecular complexity index is 927. The van der Waals surface area contributed by atoms with Crippen LogP contribution in [-0.2, 0) is 48.5 Å². The molecule has 3 aromatic rings. The summed E-state index contributed by atoms with van der Waals surface area (Å²) in [6.07, 6.45) is 2.53. The van der Waals surface area contributed by atoms with Crippen LogP contribution in [0.3, 0.4) is 0 Å². The molecule has 3 aromatic carbocycles. The van der Waals surface area contributed by atoms with Gasteiger partial charge in [-0.2, -0.15) is 0 Å². The Morgan fingerprint density at radius 3 is 1.05 bits per heavy atom. The van der Waals surface area contributed by atoms with E-state index in [2.05, 4.69) is 23.4 Å². The molecule has 0 aliphatic heterocycles. The lowest BCUT2D eigenvalue weighted by molar-refractivity contribution is -0.0645.